The zero-order chi connectivity index (χ0) is 21.6. The fourth-order valence-corrected chi connectivity index (χ4v) is 5.29. The largest absolute Gasteiger partial charge is 0.484 e. The van der Waals surface area contributed by atoms with Crippen LogP contribution in [0.5, 0.6) is 5.75 Å². The highest BCUT2D eigenvalue weighted by molar-refractivity contribution is 7.90. The van der Waals surface area contributed by atoms with Crippen LogP contribution in [0.3, 0.4) is 0 Å². The monoisotopic (exact) mass is 439 g/mol. The van der Waals surface area contributed by atoms with Gasteiger partial charge in [-0.2, -0.15) is 0 Å². The molecule has 0 unspecified atom stereocenters. The molecule has 2 aliphatic rings. The van der Waals surface area contributed by atoms with E-state index in [4.69, 9.17) is 9.15 Å². The number of carbonyl (C=O) groups excluding carboxylic acids is 1. The van der Waals surface area contributed by atoms with Crippen molar-refractivity contribution in [2.24, 2.45) is 0 Å². The normalized spacial score (nSPS) is 16.1. The molecule has 7 heteroatoms. The van der Waals surface area contributed by atoms with E-state index in [0.717, 1.165) is 60.1 Å². The van der Waals surface area contributed by atoms with E-state index >= 15 is 0 Å². The fraction of sp³-hybridized carbons (Fsp3) is 0.375. The number of furan rings is 1. The Morgan fingerprint density at radius 2 is 1.90 bits per heavy atom. The van der Waals surface area contributed by atoms with Crippen molar-refractivity contribution in [3.8, 4) is 5.75 Å². The molecule has 162 valence electrons. The Morgan fingerprint density at radius 1 is 1.06 bits per heavy atom. The van der Waals surface area contributed by atoms with E-state index in [1.807, 2.05) is 18.2 Å². The molecule has 5 rings (SSSR count). The topological polar surface area (TPSA) is 76.8 Å². The van der Waals surface area contributed by atoms with Crippen molar-refractivity contribution >= 4 is 32.4 Å². The standard InChI is InChI=1S/C24H25NO5S/c1-31(27,28)18-9-10-21-16(13-18)5-4-12-25(21)24(26)15-29-17-8-11-23-20(14-17)19-6-2-3-7-22(19)30-23/h8-11,13-14H,2-7,12,15H2,1H3. The van der Waals surface area contributed by atoms with Crippen LogP contribution >= 0.6 is 0 Å². The predicted molar refractivity (Wildman–Crippen MR) is 119 cm³/mol. The molecule has 0 spiro atoms. The molecule has 0 saturated carbocycles. The summed E-state index contributed by atoms with van der Waals surface area (Å²) in [7, 11) is -3.28. The first kappa shape index (κ1) is 20.1. The van der Waals surface area contributed by atoms with Crippen LogP contribution in [0.1, 0.15) is 36.1 Å². The summed E-state index contributed by atoms with van der Waals surface area (Å²) < 4.78 is 35.5. The van der Waals surface area contributed by atoms with Gasteiger partial charge in [-0.3, -0.25) is 4.79 Å². The van der Waals surface area contributed by atoms with E-state index < -0.39 is 9.84 Å². The van der Waals surface area contributed by atoms with Crippen molar-refractivity contribution in [1.82, 2.24) is 0 Å². The number of benzene rings is 2. The quantitative estimate of drug-likeness (QED) is 0.612. The molecule has 2 heterocycles. The minimum atomic E-state index is -3.28. The molecule has 1 amide bonds. The SMILES string of the molecule is CS(=O)(=O)c1ccc2c(c1)CCCN2C(=O)COc1ccc2oc3c(c2c1)CCCC3. The molecule has 0 bridgehead atoms. The molecular weight excluding hydrogens is 414 g/mol. The van der Waals surface area contributed by atoms with Gasteiger partial charge in [0.25, 0.3) is 5.91 Å². The Hall–Kier alpha value is -2.80. The third-order valence-corrected chi connectivity index (χ3v) is 7.30. The zero-order valence-electron chi connectivity index (χ0n) is 17.5. The lowest BCUT2D eigenvalue weighted by molar-refractivity contribution is -0.120. The third kappa shape index (κ3) is 3.82. The van der Waals surface area contributed by atoms with E-state index in [2.05, 4.69) is 0 Å². The number of hydrogen-bond acceptors (Lipinski definition) is 5. The minimum absolute atomic E-state index is 0.0706. The Labute approximate surface area is 181 Å². The molecule has 0 N–H and O–H groups in total. The van der Waals surface area contributed by atoms with Crippen LogP contribution in [0.2, 0.25) is 0 Å². The number of rotatable bonds is 4. The van der Waals surface area contributed by atoms with E-state index in [0.29, 0.717) is 12.3 Å². The third-order valence-electron chi connectivity index (χ3n) is 6.19. The van der Waals surface area contributed by atoms with Gasteiger partial charge in [0.05, 0.1) is 4.90 Å². The highest BCUT2D eigenvalue weighted by atomic mass is 32.2. The van der Waals surface area contributed by atoms with Crippen LogP contribution in [0, 0.1) is 0 Å². The summed E-state index contributed by atoms with van der Waals surface area (Å²) in [4.78, 5) is 14.9. The van der Waals surface area contributed by atoms with Crippen molar-refractivity contribution in [2.75, 3.05) is 24.3 Å². The van der Waals surface area contributed by atoms with Gasteiger partial charge >= 0.3 is 0 Å². The molecule has 31 heavy (non-hydrogen) atoms. The van der Waals surface area contributed by atoms with Crippen LogP contribution in [-0.4, -0.2) is 33.7 Å². The highest BCUT2D eigenvalue weighted by Gasteiger charge is 2.24. The number of aryl methyl sites for hydroxylation is 3. The van der Waals surface area contributed by atoms with Crippen molar-refractivity contribution < 1.29 is 22.4 Å². The van der Waals surface area contributed by atoms with Crippen LogP contribution in [0.25, 0.3) is 11.0 Å². The average Bonchev–Trinajstić information content (AvgIpc) is 3.14. The second-order valence-electron chi connectivity index (χ2n) is 8.37. The number of nitrogens with zero attached hydrogens (tertiary/aromatic N) is 1. The lowest BCUT2D eigenvalue weighted by Crippen LogP contribution is -2.38. The molecule has 0 fully saturated rings. The number of carbonyl (C=O) groups is 1. The van der Waals surface area contributed by atoms with Crippen LogP contribution in [-0.2, 0) is 33.9 Å². The summed E-state index contributed by atoms with van der Waals surface area (Å²) in [5.74, 6) is 1.59. The van der Waals surface area contributed by atoms with Gasteiger partial charge in [-0.25, -0.2) is 8.42 Å². The first-order valence-corrected chi connectivity index (χ1v) is 12.6. The number of amides is 1. The van der Waals surface area contributed by atoms with Gasteiger partial charge in [-0.05, 0) is 74.1 Å². The first-order valence-electron chi connectivity index (χ1n) is 10.7. The zero-order valence-corrected chi connectivity index (χ0v) is 18.3. The van der Waals surface area contributed by atoms with E-state index in [1.54, 1.807) is 23.1 Å². The molecule has 1 aliphatic carbocycles. The molecular formula is C24H25NO5S. The molecule has 0 radical (unpaired) electrons. The van der Waals surface area contributed by atoms with E-state index in [-0.39, 0.29) is 17.4 Å². The summed E-state index contributed by atoms with van der Waals surface area (Å²) in [5, 5.41) is 1.08. The highest BCUT2D eigenvalue weighted by Crippen LogP contribution is 2.34. The van der Waals surface area contributed by atoms with Crippen molar-refractivity contribution in [3.63, 3.8) is 0 Å². The molecule has 6 nitrogen and oxygen atoms in total. The molecule has 1 aromatic heterocycles. The summed E-state index contributed by atoms with van der Waals surface area (Å²) in [5.41, 5.74) is 3.79. The van der Waals surface area contributed by atoms with Gasteiger partial charge in [-0.1, -0.05) is 0 Å². The van der Waals surface area contributed by atoms with Gasteiger partial charge in [0, 0.05) is 35.9 Å². The lowest BCUT2D eigenvalue weighted by Gasteiger charge is -2.29. The Morgan fingerprint density at radius 3 is 2.74 bits per heavy atom. The van der Waals surface area contributed by atoms with Crippen LogP contribution in [0.4, 0.5) is 5.69 Å². The number of sulfone groups is 1. The second kappa shape index (κ2) is 7.71. The average molecular weight is 440 g/mol. The maximum absolute atomic E-state index is 12.9. The molecule has 0 saturated heterocycles. The number of ether oxygens (including phenoxy) is 1. The van der Waals surface area contributed by atoms with Crippen molar-refractivity contribution in [3.05, 3.63) is 53.3 Å². The first-order chi connectivity index (χ1) is 14.9. The maximum Gasteiger partial charge on any atom is 0.264 e. The Kier molecular flexibility index (Phi) is 5.01. The summed E-state index contributed by atoms with van der Waals surface area (Å²) in [6.45, 7) is 0.528. The van der Waals surface area contributed by atoms with Gasteiger partial charge < -0.3 is 14.1 Å². The predicted octanol–water partition coefficient (Wildman–Crippen LogP) is 4.07. The van der Waals surface area contributed by atoms with Crippen LogP contribution < -0.4 is 9.64 Å². The van der Waals surface area contributed by atoms with Gasteiger partial charge in [0.1, 0.15) is 17.1 Å². The summed E-state index contributed by atoms with van der Waals surface area (Å²) in [6, 6.07) is 10.7. The van der Waals surface area contributed by atoms with Gasteiger partial charge in [0.2, 0.25) is 0 Å². The minimum Gasteiger partial charge on any atom is -0.484 e. The number of fused-ring (bicyclic) bond motifs is 4. The number of hydrogen-bond donors (Lipinski definition) is 0. The lowest BCUT2D eigenvalue weighted by atomic mass is 9.96. The van der Waals surface area contributed by atoms with E-state index in [9.17, 15) is 13.2 Å². The summed E-state index contributed by atoms with van der Waals surface area (Å²) in [6.07, 6.45) is 7.07. The van der Waals surface area contributed by atoms with E-state index in [1.165, 1.54) is 18.2 Å². The smallest absolute Gasteiger partial charge is 0.264 e. The fourth-order valence-electron chi connectivity index (χ4n) is 4.62. The Balaban J connectivity index is 1.33. The Bertz CT molecular complexity index is 1270. The van der Waals surface area contributed by atoms with Gasteiger partial charge in [0.15, 0.2) is 16.4 Å². The van der Waals surface area contributed by atoms with Gasteiger partial charge in [-0.15, -0.1) is 0 Å². The molecule has 3 aromatic rings. The summed E-state index contributed by atoms with van der Waals surface area (Å²) >= 11 is 0. The molecule has 1 aliphatic heterocycles. The molecule has 2 aromatic carbocycles. The van der Waals surface area contributed by atoms with Crippen molar-refractivity contribution in [1.29, 1.82) is 0 Å². The maximum atomic E-state index is 12.9. The number of anilines is 1. The second-order valence-corrected chi connectivity index (χ2v) is 10.4. The molecule has 0 atom stereocenters. The van der Waals surface area contributed by atoms with Crippen molar-refractivity contribution in [2.45, 2.75) is 43.4 Å². The van der Waals surface area contributed by atoms with Crippen LogP contribution in [0.15, 0.2) is 45.7 Å².